The van der Waals surface area contributed by atoms with Crippen LogP contribution in [0, 0.1) is 0 Å². The average Bonchev–Trinajstić information content (AvgIpc) is 2.92. The summed E-state index contributed by atoms with van der Waals surface area (Å²) in [7, 11) is 1.49. The van der Waals surface area contributed by atoms with Crippen molar-refractivity contribution in [2.24, 2.45) is 0 Å². The molecule has 1 unspecified atom stereocenters. The predicted octanol–water partition coefficient (Wildman–Crippen LogP) is 7.94. The molecule has 0 saturated heterocycles. The van der Waals surface area contributed by atoms with Gasteiger partial charge in [-0.3, -0.25) is 4.90 Å². The molecule has 40 heavy (non-hydrogen) atoms. The Balaban J connectivity index is 0.000000222. The fourth-order valence-electron chi connectivity index (χ4n) is 5.32. The van der Waals surface area contributed by atoms with Gasteiger partial charge in [-0.05, 0) is 83.1 Å². The molecule has 0 aromatic heterocycles. The molecule has 0 radical (unpaired) electrons. The van der Waals surface area contributed by atoms with Crippen molar-refractivity contribution in [3.8, 4) is 11.5 Å². The fraction of sp³-hybridized carbons (Fsp3) is 0.406. The van der Waals surface area contributed by atoms with Crippen molar-refractivity contribution in [2.75, 3.05) is 31.6 Å². The number of anilines is 2. The molecule has 0 fully saturated rings. The summed E-state index contributed by atoms with van der Waals surface area (Å²) in [6.07, 6.45) is 1.62. The highest BCUT2D eigenvalue weighted by Crippen LogP contribution is 2.48. The van der Waals surface area contributed by atoms with E-state index in [-0.39, 0.29) is 23.6 Å². The van der Waals surface area contributed by atoms with Gasteiger partial charge in [-0.15, -0.1) is 12.4 Å². The number of hydrogen-bond donors (Lipinski definition) is 1. The predicted molar refractivity (Wildman–Crippen MR) is 167 cm³/mol. The van der Waals surface area contributed by atoms with Crippen LogP contribution in [-0.2, 0) is 6.42 Å². The molecule has 0 spiro atoms. The van der Waals surface area contributed by atoms with Crippen molar-refractivity contribution in [1.29, 1.82) is 0 Å². The first-order valence-electron chi connectivity index (χ1n) is 13.7. The number of carboxylic acids is 1. The SMILES string of the molecule is CCN(CC)C(C)CN1c2ccccc2Sc2ccccc21.COc1c(C(=O)O)ccc2c1CCC(C)(C)O2.Cl. The van der Waals surface area contributed by atoms with E-state index >= 15 is 0 Å². The third-order valence-electron chi connectivity index (χ3n) is 7.43. The minimum absolute atomic E-state index is 0. The van der Waals surface area contributed by atoms with E-state index in [9.17, 15) is 4.79 Å². The maximum atomic E-state index is 11.1. The van der Waals surface area contributed by atoms with E-state index in [0.717, 1.165) is 43.8 Å². The monoisotopic (exact) mass is 584 g/mol. The number of nitrogens with zero attached hydrogens (tertiary/aromatic N) is 2. The standard InChI is InChI=1S/C19H24N2S.C13H16O4.ClH/c1-4-20(5-2)15(3)14-21-16-10-6-8-12-18(16)22-19-13-9-7-11-17(19)21;1-13(2)7-6-8-10(17-13)5-4-9(12(14)15)11(8)16-3;/h6-13,15H,4-5,14H2,1-3H3;4-5H,6-7H2,1-3H3,(H,14,15);1H. The molecule has 2 aliphatic rings. The molecule has 2 aliphatic heterocycles. The average molecular weight is 585 g/mol. The highest BCUT2D eigenvalue weighted by molar-refractivity contribution is 7.99. The fourth-order valence-corrected chi connectivity index (χ4v) is 6.42. The topological polar surface area (TPSA) is 62.2 Å². The third kappa shape index (κ3) is 6.88. The first-order chi connectivity index (χ1) is 18.7. The molecule has 0 bridgehead atoms. The number of methoxy groups -OCH3 is 1. The van der Waals surface area contributed by atoms with Gasteiger partial charge in [0.2, 0.25) is 0 Å². The van der Waals surface area contributed by atoms with Crippen molar-refractivity contribution in [3.63, 3.8) is 0 Å². The van der Waals surface area contributed by atoms with Gasteiger partial charge < -0.3 is 19.5 Å². The van der Waals surface area contributed by atoms with Crippen molar-refractivity contribution in [2.45, 2.75) is 68.9 Å². The molecule has 0 aliphatic carbocycles. The summed E-state index contributed by atoms with van der Waals surface area (Å²) >= 11 is 1.88. The smallest absolute Gasteiger partial charge is 0.339 e. The Bertz CT molecular complexity index is 1270. The maximum absolute atomic E-state index is 11.1. The van der Waals surface area contributed by atoms with Gasteiger partial charge in [0.1, 0.15) is 22.7 Å². The number of hydrogen-bond acceptors (Lipinski definition) is 6. The minimum atomic E-state index is -0.977. The van der Waals surface area contributed by atoms with Crippen molar-refractivity contribution in [3.05, 3.63) is 71.8 Å². The summed E-state index contributed by atoms with van der Waals surface area (Å²) in [5.74, 6) is 0.170. The Labute approximate surface area is 249 Å². The molecular weight excluding hydrogens is 544 g/mol. The van der Waals surface area contributed by atoms with E-state index in [0.29, 0.717) is 11.8 Å². The summed E-state index contributed by atoms with van der Waals surface area (Å²) in [6, 6.07) is 21.3. The quantitative estimate of drug-likeness (QED) is 0.302. The minimum Gasteiger partial charge on any atom is -0.495 e. The largest absolute Gasteiger partial charge is 0.495 e. The summed E-state index contributed by atoms with van der Waals surface area (Å²) in [4.78, 5) is 18.8. The number of rotatable bonds is 7. The molecular formula is C32H41ClN2O4S. The number of carbonyl (C=O) groups is 1. The van der Waals surface area contributed by atoms with Crippen LogP contribution in [0.4, 0.5) is 11.4 Å². The number of likely N-dealkylation sites (N-methyl/N-ethyl adjacent to an activating group) is 1. The Morgan fingerprint density at radius 2 is 1.62 bits per heavy atom. The first-order valence-corrected chi connectivity index (χ1v) is 14.5. The van der Waals surface area contributed by atoms with Gasteiger partial charge in [-0.25, -0.2) is 4.79 Å². The van der Waals surface area contributed by atoms with Crippen molar-refractivity contribution in [1.82, 2.24) is 4.90 Å². The van der Waals surface area contributed by atoms with E-state index in [1.54, 1.807) is 6.07 Å². The molecule has 8 heteroatoms. The van der Waals surface area contributed by atoms with Gasteiger partial charge in [0.25, 0.3) is 0 Å². The Hall–Kier alpha value is -2.87. The summed E-state index contributed by atoms with van der Waals surface area (Å²) in [5, 5.41) is 9.08. The second-order valence-electron chi connectivity index (χ2n) is 10.5. The van der Waals surface area contributed by atoms with E-state index in [2.05, 4.69) is 79.1 Å². The lowest BCUT2D eigenvalue weighted by molar-refractivity contribution is 0.0690. The molecule has 1 N–H and O–H groups in total. The van der Waals surface area contributed by atoms with Crippen LogP contribution in [0.5, 0.6) is 11.5 Å². The zero-order valence-electron chi connectivity index (χ0n) is 24.3. The maximum Gasteiger partial charge on any atom is 0.339 e. The molecule has 0 saturated carbocycles. The molecule has 3 aromatic rings. The van der Waals surface area contributed by atoms with Crippen LogP contribution in [0.15, 0.2) is 70.5 Å². The number of ether oxygens (including phenoxy) is 2. The molecule has 1 atom stereocenters. The lowest BCUT2D eigenvalue weighted by Crippen LogP contribution is -2.41. The second kappa shape index (κ2) is 13.7. The Morgan fingerprint density at radius 3 is 2.15 bits per heavy atom. The Morgan fingerprint density at radius 1 is 1.05 bits per heavy atom. The van der Waals surface area contributed by atoms with Gasteiger partial charge >= 0.3 is 5.97 Å². The van der Waals surface area contributed by atoms with Crippen LogP contribution in [0.3, 0.4) is 0 Å². The molecule has 3 aromatic carbocycles. The normalized spacial score (nSPS) is 15.2. The van der Waals surface area contributed by atoms with Crippen LogP contribution >= 0.6 is 24.2 Å². The number of aromatic carboxylic acids is 1. The van der Waals surface area contributed by atoms with Crippen LogP contribution in [0.25, 0.3) is 0 Å². The molecule has 5 rings (SSSR count). The van der Waals surface area contributed by atoms with Crippen LogP contribution in [-0.4, -0.2) is 54.4 Å². The zero-order valence-corrected chi connectivity index (χ0v) is 25.9. The lowest BCUT2D eigenvalue weighted by atomic mass is 9.92. The number of fused-ring (bicyclic) bond motifs is 3. The van der Waals surface area contributed by atoms with Crippen molar-refractivity contribution < 1.29 is 19.4 Å². The molecule has 0 amide bonds. The summed E-state index contributed by atoms with van der Waals surface area (Å²) < 4.78 is 11.0. The number of carboxylic acid groups (broad SMARTS) is 1. The number of halogens is 1. The van der Waals surface area contributed by atoms with Crippen LogP contribution in [0.2, 0.25) is 0 Å². The zero-order chi connectivity index (χ0) is 28.2. The number of para-hydroxylation sites is 2. The first kappa shape index (κ1) is 31.7. The van der Waals surface area contributed by atoms with E-state index in [1.807, 2.05) is 25.6 Å². The van der Waals surface area contributed by atoms with Gasteiger partial charge in [-0.2, -0.15) is 0 Å². The highest BCUT2D eigenvalue weighted by Gasteiger charge is 2.30. The third-order valence-corrected chi connectivity index (χ3v) is 8.56. The molecule has 2 heterocycles. The highest BCUT2D eigenvalue weighted by atomic mass is 35.5. The number of benzene rings is 3. The van der Waals surface area contributed by atoms with Gasteiger partial charge in [0, 0.05) is 27.9 Å². The van der Waals surface area contributed by atoms with Gasteiger partial charge in [0.15, 0.2) is 0 Å². The van der Waals surface area contributed by atoms with Crippen molar-refractivity contribution >= 4 is 41.5 Å². The second-order valence-corrected chi connectivity index (χ2v) is 11.6. The van der Waals surface area contributed by atoms with Crippen LogP contribution in [0.1, 0.15) is 57.0 Å². The van der Waals surface area contributed by atoms with Gasteiger partial charge in [-0.1, -0.05) is 49.9 Å². The van der Waals surface area contributed by atoms with E-state index < -0.39 is 5.97 Å². The van der Waals surface area contributed by atoms with E-state index in [1.165, 1.54) is 34.3 Å². The van der Waals surface area contributed by atoms with E-state index in [4.69, 9.17) is 14.6 Å². The van der Waals surface area contributed by atoms with Crippen LogP contribution < -0.4 is 14.4 Å². The molecule has 6 nitrogen and oxygen atoms in total. The lowest BCUT2D eigenvalue weighted by Gasteiger charge is -2.37. The van der Waals surface area contributed by atoms with Gasteiger partial charge in [0.05, 0.1) is 18.5 Å². The summed E-state index contributed by atoms with van der Waals surface area (Å²) in [5.41, 5.74) is 3.51. The summed E-state index contributed by atoms with van der Waals surface area (Å²) in [6.45, 7) is 14.1. The Kier molecular flexibility index (Phi) is 10.8. The molecule has 216 valence electrons.